The molecule has 0 unspecified atom stereocenters. The summed E-state index contributed by atoms with van der Waals surface area (Å²) in [7, 11) is 0. The molecule has 35 heavy (non-hydrogen) atoms. The minimum atomic E-state index is -4.61. The minimum Gasteiger partial charge on any atom is -0.505 e. The third-order valence-corrected chi connectivity index (χ3v) is 7.21. The summed E-state index contributed by atoms with van der Waals surface area (Å²) in [6, 6.07) is 7.49. The Kier molecular flexibility index (Phi) is 7.25. The Morgan fingerprint density at radius 3 is 2.37 bits per heavy atom. The lowest BCUT2D eigenvalue weighted by molar-refractivity contribution is -0.138. The molecule has 2 N–H and O–H groups in total. The van der Waals surface area contributed by atoms with Crippen LogP contribution in [0.3, 0.4) is 0 Å². The Balaban J connectivity index is 1.39. The van der Waals surface area contributed by atoms with Crippen LogP contribution in [-0.4, -0.2) is 39.9 Å². The fourth-order valence-electron chi connectivity index (χ4n) is 3.83. The Labute approximate surface area is 212 Å². The first kappa shape index (κ1) is 25.3. The van der Waals surface area contributed by atoms with Gasteiger partial charge in [0.25, 0.3) is 11.8 Å². The number of carbonyl (C=O) groups excluding carboxylic acids is 2. The van der Waals surface area contributed by atoms with Crippen LogP contribution >= 0.6 is 34.5 Å². The van der Waals surface area contributed by atoms with E-state index in [1.165, 1.54) is 46.6 Å². The molecule has 0 bridgehead atoms. The van der Waals surface area contributed by atoms with Gasteiger partial charge in [-0.05, 0) is 37.1 Å². The molecule has 0 aliphatic carbocycles. The largest absolute Gasteiger partial charge is 0.505 e. The number of phenols is 1. The number of thiazole rings is 1. The van der Waals surface area contributed by atoms with Crippen LogP contribution in [0.15, 0.2) is 41.8 Å². The Morgan fingerprint density at radius 1 is 1.11 bits per heavy atom. The molecule has 0 atom stereocenters. The number of alkyl halides is 3. The summed E-state index contributed by atoms with van der Waals surface area (Å²) in [6.07, 6.45) is -3.59. The highest BCUT2D eigenvalue weighted by atomic mass is 35.5. The van der Waals surface area contributed by atoms with Gasteiger partial charge in [0.2, 0.25) is 0 Å². The number of phenolic OH excluding ortho intramolecular Hbond substituents is 1. The van der Waals surface area contributed by atoms with Crippen molar-refractivity contribution in [2.24, 2.45) is 0 Å². The monoisotopic (exact) mass is 543 g/mol. The van der Waals surface area contributed by atoms with Crippen molar-refractivity contribution in [3.63, 3.8) is 0 Å². The highest BCUT2D eigenvalue weighted by Crippen LogP contribution is 2.36. The van der Waals surface area contributed by atoms with Crippen LogP contribution in [0.2, 0.25) is 10.0 Å². The van der Waals surface area contributed by atoms with Crippen LogP contribution in [0, 0.1) is 0 Å². The number of rotatable bonds is 4. The van der Waals surface area contributed by atoms with E-state index in [1.807, 2.05) is 0 Å². The van der Waals surface area contributed by atoms with E-state index in [1.54, 1.807) is 5.38 Å². The molecular formula is C23H18Cl2F3N3O3S. The van der Waals surface area contributed by atoms with E-state index >= 15 is 0 Å². The van der Waals surface area contributed by atoms with Gasteiger partial charge in [-0.2, -0.15) is 13.2 Å². The molecule has 184 valence electrons. The van der Waals surface area contributed by atoms with Gasteiger partial charge in [-0.1, -0.05) is 35.3 Å². The molecule has 6 nitrogen and oxygen atoms in total. The predicted octanol–water partition coefficient (Wildman–Crippen LogP) is 6.45. The summed E-state index contributed by atoms with van der Waals surface area (Å²) in [5.41, 5.74) is -0.828. The van der Waals surface area contributed by atoms with Crippen molar-refractivity contribution in [3.8, 4) is 5.75 Å². The van der Waals surface area contributed by atoms with Crippen molar-refractivity contribution < 1.29 is 27.9 Å². The molecule has 1 fully saturated rings. The second-order valence-electron chi connectivity index (χ2n) is 7.92. The number of halogens is 5. The first-order valence-corrected chi connectivity index (χ1v) is 12.1. The third-order valence-electron chi connectivity index (χ3n) is 5.62. The maximum atomic E-state index is 13.3. The number of hydrogen-bond donors (Lipinski definition) is 2. The number of likely N-dealkylation sites (tertiary alicyclic amines) is 1. The zero-order valence-electron chi connectivity index (χ0n) is 17.9. The van der Waals surface area contributed by atoms with E-state index in [0.29, 0.717) is 23.5 Å². The highest BCUT2D eigenvalue weighted by molar-refractivity contribution is 7.10. The topological polar surface area (TPSA) is 82.5 Å². The van der Waals surface area contributed by atoms with E-state index in [0.717, 1.165) is 6.07 Å². The van der Waals surface area contributed by atoms with E-state index < -0.39 is 23.6 Å². The number of benzene rings is 2. The Hall–Kier alpha value is -2.82. The molecular weight excluding hydrogens is 526 g/mol. The van der Waals surface area contributed by atoms with Crippen molar-refractivity contribution in [1.82, 2.24) is 9.88 Å². The van der Waals surface area contributed by atoms with Gasteiger partial charge in [0.1, 0.15) is 5.69 Å². The van der Waals surface area contributed by atoms with Crippen molar-refractivity contribution in [1.29, 1.82) is 0 Å². The zero-order valence-corrected chi connectivity index (χ0v) is 20.2. The van der Waals surface area contributed by atoms with E-state index in [-0.39, 0.29) is 46.1 Å². The molecule has 3 aromatic rings. The molecule has 1 aromatic heterocycles. The first-order valence-electron chi connectivity index (χ1n) is 10.4. The van der Waals surface area contributed by atoms with Crippen molar-refractivity contribution in [3.05, 3.63) is 73.7 Å². The van der Waals surface area contributed by atoms with Crippen LogP contribution in [0.5, 0.6) is 5.75 Å². The van der Waals surface area contributed by atoms with Crippen molar-refractivity contribution >= 4 is 52.0 Å². The smallest absolute Gasteiger partial charge is 0.417 e. The first-order chi connectivity index (χ1) is 16.5. The fraction of sp³-hybridized carbons (Fsp3) is 0.261. The lowest BCUT2D eigenvalue weighted by atomic mass is 9.96. The normalized spacial score (nSPS) is 14.7. The van der Waals surface area contributed by atoms with Crippen LogP contribution in [0.4, 0.5) is 18.9 Å². The number of anilines is 1. The summed E-state index contributed by atoms with van der Waals surface area (Å²) in [5, 5.41) is 14.5. The van der Waals surface area contributed by atoms with E-state index in [9.17, 15) is 27.9 Å². The van der Waals surface area contributed by atoms with Gasteiger partial charge in [0.15, 0.2) is 5.75 Å². The van der Waals surface area contributed by atoms with Crippen LogP contribution in [0.1, 0.15) is 50.2 Å². The standard InChI is InChI=1S/C23H18Cl2F3N3O3S/c24-16-9-13(10-17(25)19(16)32)29-20(33)18-11-35-21(30-18)12-5-7-31(8-6-12)22(34)14-3-1-2-4-15(14)23(26,27)28/h1-4,9-12,32H,5-8H2,(H,29,33). The predicted molar refractivity (Wildman–Crippen MR) is 128 cm³/mol. The maximum Gasteiger partial charge on any atom is 0.417 e. The lowest BCUT2D eigenvalue weighted by Gasteiger charge is -2.31. The zero-order chi connectivity index (χ0) is 25.3. The maximum absolute atomic E-state index is 13.3. The van der Waals surface area contributed by atoms with E-state index in [2.05, 4.69) is 10.3 Å². The van der Waals surface area contributed by atoms with Crippen LogP contribution < -0.4 is 5.32 Å². The number of amides is 2. The van der Waals surface area contributed by atoms with Crippen LogP contribution in [-0.2, 0) is 6.18 Å². The fourth-order valence-corrected chi connectivity index (χ4v) is 5.29. The average Bonchev–Trinajstić information content (AvgIpc) is 3.32. The quantitative estimate of drug-likeness (QED) is 0.370. The minimum absolute atomic E-state index is 0.00840. The molecule has 1 aliphatic heterocycles. The molecule has 0 spiro atoms. The molecule has 4 rings (SSSR count). The number of aromatic hydroxyl groups is 1. The second-order valence-corrected chi connectivity index (χ2v) is 9.63. The van der Waals surface area contributed by atoms with Gasteiger partial charge < -0.3 is 15.3 Å². The SMILES string of the molecule is O=C(Nc1cc(Cl)c(O)c(Cl)c1)c1csc(C2CCN(C(=O)c3ccccc3C(F)(F)F)CC2)n1. The number of hydrogen-bond acceptors (Lipinski definition) is 5. The molecule has 1 aliphatic rings. The van der Waals surface area contributed by atoms with Gasteiger partial charge in [-0.3, -0.25) is 9.59 Å². The third kappa shape index (κ3) is 5.55. The van der Waals surface area contributed by atoms with Crippen molar-refractivity contribution in [2.45, 2.75) is 24.9 Å². The molecule has 2 aromatic carbocycles. The number of piperidine rings is 1. The van der Waals surface area contributed by atoms with Gasteiger partial charge >= 0.3 is 6.18 Å². The summed E-state index contributed by atoms with van der Waals surface area (Å²) in [6.45, 7) is 0.558. The van der Waals surface area contributed by atoms with Crippen molar-refractivity contribution in [2.75, 3.05) is 18.4 Å². The van der Waals surface area contributed by atoms with Gasteiger partial charge in [-0.15, -0.1) is 11.3 Å². The van der Waals surface area contributed by atoms with Gasteiger partial charge in [0, 0.05) is 30.1 Å². The Morgan fingerprint density at radius 2 is 1.74 bits per heavy atom. The summed E-state index contributed by atoms with van der Waals surface area (Å²) in [4.78, 5) is 31.2. The average molecular weight is 544 g/mol. The molecule has 1 saturated heterocycles. The number of carbonyl (C=O) groups is 2. The summed E-state index contributed by atoms with van der Waals surface area (Å²) >= 11 is 13.0. The number of aromatic nitrogens is 1. The van der Waals surface area contributed by atoms with Gasteiger partial charge in [-0.25, -0.2) is 4.98 Å². The summed E-state index contributed by atoms with van der Waals surface area (Å²) in [5.74, 6) is -1.45. The van der Waals surface area contributed by atoms with Gasteiger partial charge in [0.05, 0.1) is 26.2 Å². The molecule has 0 radical (unpaired) electrons. The molecule has 2 heterocycles. The molecule has 0 saturated carbocycles. The van der Waals surface area contributed by atoms with E-state index in [4.69, 9.17) is 23.2 Å². The number of nitrogens with zero attached hydrogens (tertiary/aromatic N) is 2. The highest BCUT2D eigenvalue weighted by Gasteiger charge is 2.36. The lowest BCUT2D eigenvalue weighted by Crippen LogP contribution is -2.38. The van der Waals surface area contributed by atoms with Crippen LogP contribution in [0.25, 0.3) is 0 Å². The molecule has 12 heteroatoms. The Bertz CT molecular complexity index is 1250. The molecule has 2 amide bonds. The summed E-state index contributed by atoms with van der Waals surface area (Å²) < 4.78 is 39.9. The second kappa shape index (κ2) is 10.0. The number of nitrogens with one attached hydrogen (secondary N) is 1.